The van der Waals surface area contributed by atoms with Crippen LogP contribution in [0.2, 0.25) is 0 Å². The molecule has 0 bridgehead atoms. The van der Waals surface area contributed by atoms with Gasteiger partial charge in [0.15, 0.2) is 0 Å². The van der Waals surface area contributed by atoms with E-state index < -0.39 is 33.7 Å². The Labute approximate surface area is 111 Å². The van der Waals surface area contributed by atoms with Crippen molar-refractivity contribution in [2.75, 3.05) is 0 Å². The molecule has 1 radical (unpaired) electrons. The van der Waals surface area contributed by atoms with Gasteiger partial charge in [0.1, 0.15) is 0 Å². The van der Waals surface area contributed by atoms with Gasteiger partial charge in [-0.05, 0) is 6.07 Å². The summed E-state index contributed by atoms with van der Waals surface area (Å²) in [4.78, 5) is 30.7. The first-order chi connectivity index (χ1) is 6.93. The standard InChI is InChI=1S/C8H5NO6.Na/c10-7(11)5-2-1-4(9(14)15)3-6(5)8(12)13;/h1-3H,(H,10,11)(H,12,13);. The van der Waals surface area contributed by atoms with E-state index >= 15 is 0 Å². The largest absolute Gasteiger partial charge is 0.478 e. The van der Waals surface area contributed by atoms with E-state index in [1.54, 1.807) is 0 Å². The first kappa shape index (κ1) is 14.6. The van der Waals surface area contributed by atoms with Gasteiger partial charge in [-0.15, -0.1) is 0 Å². The summed E-state index contributed by atoms with van der Waals surface area (Å²) in [7, 11) is 0. The molecule has 0 aliphatic heterocycles. The van der Waals surface area contributed by atoms with Crippen LogP contribution in [-0.2, 0) is 0 Å². The molecule has 0 amide bonds. The van der Waals surface area contributed by atoms with E-state index in [0.29, 0.717) is 6.07 Å². The van der Waals surface area contributed by atoms with E-state index in [9.17, 15) is 19.7 Å². The van der Waals surface area contributed by atoms with Crippen LogP contribution < -0.4 is 0 Å². The zero-order valence-electron chi connectivity index (χ0n) is 8.21. The average molecular weight is 234 g/mol. The molecule has 8 heteroatoms. The average Bonchev–Trinajstić information content (AvgIpc) is 2.16. The molecule has 2 N–H and O–H groups in total. The number of nitrogens with zero attached hydrogens (tertiary/aromatic N) is 1. The van der Waals surface area contributed by atoms with Gasteiger partial charge in [-0.3, -0.25) is 10.1 Å². The fourth-order valence-electron chi connectivity index (χ4n) is 1.01. The molecule has 1 rings (SSSR count). The minimum atomic E-state index is -1.52. The van der Waals surface area contributed by atoms with Crippen molar-refractivity contribution in [2.24, 2.45) is 0 Å². The first-order valence-electron chi connectivity index (χ1n) is 3.68. The van der Waals surface area contributed by atoms with Crippen LogP contribution in [0.1, 0.15) is 20.7 Å². The molecule has 0 saturated heterocycles. The van der Waals surface area contributed by atoms with Crippen molar-refractivity contribution in [3.63, 3.8) is 0 Å². The predicted molar refractivity (Wildman–Crippen MR) is 52.8 cm³/mol. The Hall–Kier alpha value is -1.44. The summed E-state index contributed by atoms with van der Waals surface area (Å²) in [6, 6.07) is 2.55. The zero-order chi connectivity index (χ0) is 11.6. The van der Waals surface area contributed by atoms with Crippen molar-refractivity contribution in [1.29, 1.82) is 0 Å². The molecule has 7 nitrogen and oxygen atoms in total. The summed E-state index contributed by atoms with van der Waals surface area (Å²) in [5.41, 5.74) is -1.54. The molecule has 0 saturated carbocycles. The van der Waals surface area contributed by atoms with E-state index in [-0.39, 0.29) is 29.6 Å². The van der Waals surface area contributed by atoms with Crippen molar-refractivity contribution >= 4 is 47.2 Å². The molecule has 0 atom stereocenters. The SMILES string of the molecule is O=C(O)c1ccc([N+](=O)[O-])cc1C(=O)O.[Na]. The molecule has 0 aliphatic carbocycles. The van der Waals surface area contributed by atoms with Crippen molar-refractivity contribution in [2.45, 2.75) is 0 Å². The first-order valence-corrected chi connectivity index (χ1v) is 3.68. The molecular weight excluding hydrogens is 229 g/mol. The van der Waals surface area contributed by atoms with Crippen LogP contribution in [0.3, 0.4) is 0 Å². The summed E-state index contributed by atoms with van der Waals surface area (Å²) < 4.78 is 0. The number of hydrogen-bond donors (Lipinski definition) is 2. The van der Waals surface area contributed by atoms with Gasteiger partial charge in [0.05, 0.1) is 16.1 Å². The predicted octanol–water partition coefficient (Wildman–Crippen LogP) is 0.610. The van der Waals surface area contributed by atoms with Crippen molar-refractivity contribution in [3.8, 4) is 0 Å². The minimum absolute atomic E-state index is 0. The van der Waals surface area contributed by atoms with Crippen LogP contribution in [0.25, 0.3) is 0 Å². The monoisotopic (exact) mass is 234 g/mol. The number of rotatable bonds is 3. The number of hydrogen-bond acceptors (Lipinski definition) is 4. The molecule has 0 unspecified atom stereocenters. The maximum atomic E-state index is 10.6. The van der Waals surface area contributed by atoms with E-state index in [2.05, 4.69) is 0 Å². The number of nitro benzene ring substituents is 1. The van der Waals surface area contributed by atoms with Crippen LogP contribution in [0.15, 0.2) is 18.2 Å². The molecular formula is C8H5NNaO6. The fraction of sp³-hybridized carbons (Fsp3) is 0. The minimum Gasteiger partial charge on any atom is -0.478 e. The second-order valence-electron chi connectivity index (χ2n) is 2.60. The summed E-state index contributed by atoms with van der Waals surface area (Å²) in [5.74, 6) is -2.96. The summed E-state index contributed by atoms with van der Waals surface area (Å²) in [6.07, 6.45) is 0. The second kappa shape index (κ2) is 5.59. The van der Waals surface area contributed by atoms with E-state index in [0.717, 1.165) is 12.1 Å². The molecule has 0 aromatic heterocycles. The Balaban J connectivity index is 0.00000225. The molecule has 0 aliphatic rings. The Kier molecular flexibility index (Phi) is 5.09. The number of non-ortho nitro benzene ring substituents is 1. The normalized spacial score (nSPS) is 9.00. The molecule has 0 spiro atoms. The van der Waals surface area contributed by atoms with Crippen molar-refractivity contribution < 1.29 is 24.7 Å². The van der Waals surface area contributed by atoms with Crippen LogP contribution in [0.4, 0.5) is 5.69 Å². The van der Waals surface area contributed by atoms with Gasteiger partial charge in [0.2, 0.25) is 0 Å². The third-order valence-electron chi connectivity index (χ3n) is 1.67. The van der Waals surface area contributed by atoms with E-state index in [1.807, 2.05) is 0 Å². The number of nitro groups is 1. The number of carbonyl (C=O) groups is 2. The van der Waals surface area contributed by atoms with Gasteiger partial charge in [0.25, 0.3) is 5.69 Å². The fourth-order valence-corrected chi connectivity index (χ4v) is 1.01. The van der Waals surface area contributed by atoms with Gasteiger partial charge in [0, 0.05) is 41.7 Å². The van der Waals surface area contributed by atoms with E-state index in [1.165, 1.54) is 0 Å². The topological polar surface area (TPSA) is 118 Å². The molecule has 0 heterocycles. The van der Waals surface area contributed by atoms with Crippen LogP contribution in [-0.4, -0.2) is 56.6 Å². The van der Waals surface area contributed by atoms with Gasteiger partial charge in [-0.2, -0.15) is 0 Å². The smallest absolute Gasteiger partial charge is 0.336 e. The Morgan fingerprint density at radius 2 is 1.62 bits per heavy atom. The number of benzene rings is 1. The number of carboxylic acid groups (broad SMARTS) is 2. The van der Waals surface area contributed by atoms with Crippen molar-refractivity contribution in [3.05, 3.63) is 39.4 Å². The Bertz CT molecular complexity index is 458. The molecule has 16 heavy (non-hydrogen) atoms. The molecule has 1 aromatic rings. The van der Waals surface area contributed by atoms with Gasteiger partial charge >= 0.3 is 11.9 Å². The van der Waals surface area contributed by atoms with Crippen molar-refractivity contribution in [1.82, 2.24) is 0 Å². The van der Waals surface area contributed by atoms with Crippen LogP contribution in [0.5, 0.6) is 0 Å². The quantitative estimate of drug-likeness (QED) is 0.449. The molecule has 0 fully saturated rings. The molecule has 79 valence electrons. The maximum absolute atomic E-state index is 10.6. The zero-order valence-corrected chi connectivity index (χ0v) is 10.2. The number of aromatic carboxylic acids is 2. The molecule has 1 aromatic carbocycles. The Morgan fingerprint density at radius 3 is 2.00 bits per heavy atom. The number of carboxylic acids is 2. The summed E-state index contributed by atoms with van der Waals surface area (Å²) in [6.45, 7) is 0. The third-order valence-corrected chi connectivity index (χ3v) is 1.67. The summed E-state index contributed by atoms with van der Waals surface area (Å²) >= 11 is 0. The van der Waals surface area contributed by atoms with Crippen LogP contribution in [0, 0.1) is 10.1 Å². The van der Waals surface area contributed by atoms with Gasteiger partial charge in [-0.25, -0.2) is 9.59 Å². The maximum Gasteiger partial charge on any atom is 0.336 e. The summed E-state index contributed by atoms with van der Waals surface area (Å²) in [5, 5.41) is 27.6. The third kappa shape index (κ3) is 3.02. The van der Waals surface area contributed by atoms with Crippen LogP contribution >= 0.6 is 0 Å². The van der Waals surface area contributed by atoms with Gasteiger partial charge < -0.3 is 10.2 Å². The van der Waals surface area contributed by atoms with E-state index in [4.69, 9.17) is 10.2 Å². The Morgan fingerprint density at radius 1 is 1.12 bits per heavy atom. The second-order valence-corrected chi connectivity index (χ2v) is 2.60. The van der Waals surface area contributed by atoms with Gasteiger partial charge in [-0.1, -0.05) is 0 Å².